The fourth-order valence-corrected chi connectivity index (χ4v) is 1.72. The van der Waals surface area contributed by atoms with Gasteiger partial charge in [0.2, 0.25) is 5.88 Å². The Labute approximate surface area is 118 Å². The molecule has 0 bridgehead atoms. The van der Waals surface area contributed by atoms with Gasteiger partial charge < -0.3 is 10.2 Å². The number of nitro benzene ring substituents is 1. The van der Waals surface area contributed by atoms with Gasteiger partial charge in [0.1, 0.15) is 5.82 Å². The molecule has 0 radical (unpaired) electrons. The highest BCUT2D eigenvalue weighted by molar-refractivity contribution is 5.70. The number of carboxylic acids is 1. The Morgan fingerprint density at radius 1 is 1.29 bits per heavy atom. The molecule has 8 heteroatoms. The standard InChI is InChI=1S/C13H11N3O5/c17-12(18)6-9-7-14-11(15-13(9)19)5-8-1-3-10(4-2-8)16(20)21/h1-4,7H,5-6H2,(H,17,18)(H,14,15,19). The van der Waals surface area contributed by atoms with Crippen LogP contribution in [0.1, 0.15) is 17.0 Å². The maximum absolute atomic E-state index is 10.6. The molecule has 8 nitrogen and oxygen atoms in total. The molecule has 0 aliphatic heterocycles. The van der Waals surface area contributed by atoms with Crippen LogP contribution in [0.5, 0.6) is 5.88 Å². The molecule has 0 fully saturated rings. The molecule has 0 unspecified atom stereocenters. The molecule has 0 saturated heterocycles. The van der Waals surface area contributed by atoms with Crippen LogP contribution in [0.2, 0.25) is 0 Å². The number of non-ortho nitro benzene ring substituents is 1. The first-order valence-electron chi connectivity index (χ1n) is 5.94. The molecule has 2 N–H and O–H groups in total. The van der Waals surface area contributed by atoms with Gasteiger partial charge in [-0.25, -0.2) is 4.98 Å². The highest BCUT2D eigenvalue weighted by Crippen LogP contribution is 2.17. The predicted octanol–water partition coefficient (Wildman–Crippen LogP) is 1.31. The third kappa shape index (κ3) is 3.72. The Bertz CT molecular complexity index is 685. The van der Waals surface area contributed by atoms with Gasteiger partial charge in [-0.15, -0.1) is 0 Å². The second-order valence-corrected chi connectivity index (χ2v) is 4.31. The second-order valence-electron chi connectivity index (χ2n) is 4.31. The Hall–Kier alpha value is -3.03. The van der Waals surface area contributed by atoms with Crippen LogP contribution < -0.4 is 0 Å². The normalized spacial score (nSPS) is 10.3. The largest absolute Gasteiger partial charge is 0.493 e. The Morgan fingerprint density at radius 2 is 1.95 bits per heavy atom. The number of aliphatic carboxylic acids is 1. The van der Waals surface area contributed by atoms with Gasteiger partial charge in [-0.1, -0.05) is 12.1 Å². The van der Waals surface area contributed by atoms with Crippen LogP contribution in [0.3, 0.4) is 0 Å². The molecule has 0 atom stereocenters. The lowest BCUT2D eigenvalue weighted by Crippen LogP contribution is -2.04. The number of nitro groups is 1. The van der Waals surface area contributed by atoms with Gasteiger partial charge in [0.15, 0.2) is 0 Å². The summed E-state index contributed by atoms with van der Waals surface area (Å²) in [6.45, 7) is 0. The number of aromatic nitrogens is 2. The number of aromatic hydroxyl groups is 1. The van der Waals surface area contributed by atoms with E-state index in [9.17, 15) is 20.0 Å². The Balaban J connectivity index is 2.14. The summed E-state index contributed by atoms with van der Waals surface area (Å²) in [7, 11) is 0. The van der Waals surface area contributed by atoms with Crippen molar-refractivity contribution >= 4 is 11.7 Å². The SMILES string of the molecule is O=C(O)Cc1cnc(Cc2ccc([N+](=O)[O-])cc2)nc1O. The van der Waals surface area contributed by atoms with Crippen molar-refractivity contribution in [1.82, 2.24) is 9.97 Å². The van der Waals surface area contributed by atoms with Crippen molar-refractivity contribution in [2.45, 2.75) is 12.8 Å². The van der Waals surface area contributed by atoms with E-state index >= 15 is 0 Å². The highest BCUT2D eigenvalue weighted by atomic mass is 16.6. The summed E-state index contributed by atoms with van der Waals surface area (Å²) in [5.74, 6) is -1.16. The van der Waals surface area contributed by atoms with Crippen molar-refractivity contribution in [1.29, 1.82) is 0 Å². The minimum Gasteiger partial charge on any atom is -0.493 e. The summed E-state index contributed by atoms with van der Waals surface area (Å²) < 4.78 is 0. The van der Waals surface area contributed by atoms with Crippen LogP contribution in [0.4, 0.5) is 5.69 Å². The second kappa shape index (κ2) is 5.95. The van der Waals surface area contributed by atoms with E-state index in [1.165, 1.54) is 18.3 Å². The van der Waals surface area contributed by atoms with Gasteiger partial charge in [0, 0.05) is 30.3 Å². The summed E-state index contributed by atoms with van der Waals surface area (Å²) in [5, 5.41) is 28.8. The highest BCUT2D eigenvalue weighted by Gasteiger charge is 2.11. The molecule has 0 aliphatic carbocycles. The molecule has 0 spiro atoms. The summed E-state index contributed by atoms with van der Waals surface area (Å²) in [5.41, 5.74) is 0.861. The molecular formula is C13H11N3O5. The van der Waals surface area contributed by atoms with Crippen molar-refractivity contribution in [3.05, 3.63) is 57.5 Å². The fraction of sp³-hybridized carbons (Fsp3) is 0.154. The molecule has 2 rings (SSSR count). The molecule has 108 valence electrons. The topological polar surface area (TPSA) is 126 Å². The van der Waals surface area contributed by atoms with Crippen molar-refractivity contribution < 1.29 is 19.9 Å². The van der Waals surface area contributed by atoms with Crippen LogP contribution in [0, 0.1) is 10.1 Å². The van der Waals surface area contributed by atoms with Gasteiger partial charge >= 0.3 is 5.97 Å². The quantitative estimate of drug-likeness (QED) is 0.627. The van der Waals surface area contributed by atoms with E-state index in [2.05, 4.69) is 9.97 Å². The summed E-state index contributed by atoms with van der Waals surface area (Å²) >= 11 is 0. The van der Waals surface area contributed by atoms with Gasteiger partial charge in [-0.2, -0.15) is 4.98 Å². The van der Waals surface area contributed by atoms with Crippen LogP contribution in [-0.4, -0.2) is 31.1 Å². The van der Waals surface area contributed by atoms with E-state index in [1.807, 2.05) is 0 Å². The average molecular weight is 289 g/mol. The molecule has 1 aromatic carbocycles. The zero-order chi connectivity index (χ0) is 15.4. The molecule has 0 amide bonds. The number of hydrogen-bond donors (Lipinski definition) is 2. The number of nitrogens with zero attached hydrogens (tertiary/aromatic N) is 3. The zero-order valence-corrected chi connectivity index (χ0v) is 10.8. The van der Waals surface area contributed by atoms with Crippen molar-refractivity contribution in [3.8, 4) is 5.88 Å². The minimum atomic E-state index is -1.09. The number of rotatable bonds is 5. The van der Waals surface area contributed by atoms with E-state index in [0.29, 0.717) is 5.82 Å². The maximum Gasteiger partial charge on any atom is 0.308 e. The van der Waals surface area contributed by atoms with Gasteiger partial charge in [0.25, 0.3) is 5.69 Å². The van der Waals surface area contributed by atoms with Gasteiger partial charge in [0.05, 0.1) is 11.3 Å². The van der Waals surface area contributed by atoms with Crippen molar-refractivity contribution in [2.75, 3.05) is 0 Å². The molecule has 2 aromatic rings. The fourth-order valence-electron chi connectivity index (χ4n) is 1.72. The van der Waals surface area contributed by atoms with Crippen LogP contribution in [-0.2, 0) is 17.6 Å². The van der Waals surface area contributed by atoms with Crippen molar-refractivity contribution in [2.24, 2.45) is 0 Å². The lowest BCUT2D eigenvalue weighted by Gasteiger charge is -2.04. The molecule has 1 heterocycles. The van der Waals surface area contributed by atoms with Crippen LogP contribution >= 0.6 is 0 Å². The van der Waals surface area contributed by atoms with E-state index in [4.69, 9.17) is 5.11 Å². The molecule has 1 aromatic heterocycles. The molecule has 0 aliphatic rings. The van der Waals surface area contributed by atoms with Gasteiger partial charge in [-0.3, -0.25) is 14.9 Å². The van der Waals surface area contributed by atoms with Crippen LogP contribution in [0.25, 0.3) is 0 Å². The Morgan fingerprint density at radius 3 is 2.48 bits per heavy atom. The maximum atomic E-state index is 10.6. The first kappa shape index (κ1) is 14.4. The Kier molecular flexibility index (Phi) is 4.07. The van der Waals surface area contributed by atoms with E-state index in [-0.39, 0.29) is 30.0 Å². The monoisotopic (exact) mass is 289 g/mol. The summed E-state index contributed by atoms with van der Waals surface area (Å²) in [6, 6.07) is 5.88. The first-order valence-corrected chi connectivity index (χ1v) is 5.94. The van der Waals surface area contributed by atoms with E-state index < -0.39 is 10.9 Å². The third-order valence-electron chi connectivity index (χ3n) is 2.74. The number of hydrogen-bond acceptors (Lipinski definition) is 6. The predicted molar refractivity (Wildman–Crippen MR) is 70.9 cm³/mol. The van der Waals surface area contributed by atoms with E-state index in [0.717, 1.165) is 5.56 Å². The smallest absolute Gasteiger partial charge is 0.308 e. The van der Waals surface area contributed by atoms with Crippen LogP contribution in [0.15, 0.2) is 30.5 Å². The molecular weight excluding hydrogens is 278 g/mol. The third-order valence-corrected chi connectivity index (χ3v) is 2.74. The number of carbonyl (C=O) groups is 1. The molecule has 0 saturated carbocycles. The van der Waals surface area contributed by atoms with Gasteiger partial charge in [-0.05, 0) is 5.56 Å². The average Bonchev–Trinajstić information content (AvgIpc) is 2.42. The summed E-state index contributed by atoms with van der Waals surface area (Å²) in [4.78, 5) is 28.4. The number of benzene rings is 1. The molecule has 21 heavy (non-hydrogen) atoms. The van der Waals surface area contributed by atoms with E-state index in [1.54, 1.807) is 12.1 Å². The minimum absolute atomic E-state index is 0.0145. The number of carboxylic acid groups (broad SMARTS) is 1. The van der Waals surface area contributed by atoms with Crippen molar-refractivity contribution in [3.63, 3.8) is 0 Å². The first-order chi connectivity index (χ1) is 9.95. The summed E-state index contributed by atoms with van der Waals surface area (Å²) in [6.07, 6.45) is 1.18. The zero-order valence-electron chi connectivity index (χ0n) is 10.8. The lowest BCUT2D eigenvalue weighted by molar-refractivity contribution is -0.384. The lowest BCUT2D eigenvalue weighted by atomic mass is 10.1.